The maximum absolute atomic E-state index is 9.07. The first kappa shape index (κ1) is 23.5. The summed E-state index contributed by atoms with van der Waals surface area (Å²) in [5.74, 6) is 0.873. The normalized spacial score (nSPS) is 14.2. The predicted octanol–water partition coefficient (Wildman–Crippen LogP) is 6.19. The Bertz CT molecular complexity index is 600. The summed E-state index contributed by atoms with van der Waals surface area (Å²) >= 11 is 0. The number of unbranched alkanes of at least 4 members (excludes halogenated alkanes) is 1. The molecule has 1 unspecified atom stereocenters. The Labute approximate surface area is 167 Å². The topological polar surface area (TPSA) is 41.5 Å². The van der Waals surface area contributed by atoms with Crippen molar-refractivity contribution in [2.24, 2.45) is 0 Å². The molecule has 1 aromatic carbocycles. The number of benzene rings is 1. The summed E-state index contributed by atoms with van der Waals surface area (Å²) in [6, 6.07) is 8.47. The second-order valence-electron chi connectivity index (χ2n) is 8.36. The molecule has 0 aliphatic rings. The van der Waals surface area contributed by atoms with Crippen molar-refractivity contribution in [1.29, 1.82) is 0 Å². The molecule has 0 radical (unpaired) electrons. The molecule has 1 rings (SSSR count). The molecule has 0 fully saturated rings. The molecule has 0 aliphatic heterocycles. The van der Waals surface area contributed by atoms with Gasteiger partial charge in [0.15, 0.2) is 0 Å². The van der Waals surface area contributed by atoms with Crippen molar-refractivity contribution in [3.63, 3.8) is 0 Å². The molecular weight excluding hydrogens is 350 g/mol. The molecule has 27 heavy (non-hydrogen) atoms. The van der Waals surface area contributed by atoms with Crippen LogP contribution in [0.15, 0.2) is 47.2 Å². The maximum Gasteiger partial charge on any atom is 0.119 e. The van der Waals surface area contributed by atoms with Crippen LogP contribution >= 0.6 is 0 Å². The first-order valence-electron chi connectivity index (χ1n) is 10.1. The molecule has 0 aliphatic carbocycles. The van der Waals surface area contributed by atoms with Crippen molar-refractivity contribution in [2.45, 2.75) is 71.6 Å². The zero-order chi connectivity index (χ0) is 20.3. The molecule has 152 valence electrons. The fourth-order valence-corrected chi connectivity index (χ4v) is 4.37. The SMILES string of the molecule is COc1ccc(NC(C/C=C/C/C(C)=C(\C)[Si](C)(C)C)CCCCO)cc1. The first-order valence-corrected chi connectivity index (χ1v) is 13.6. The number of anilines is 1. The first-order chi connectivity index (χ1) is 12.8. The third kappa shape index (κ3) is 9.29. The van der Waals surface area contributed by atoms with E-state index in [1.54, 1.807) is 12.3 Å². The van der Waals surface area contributed by atoms with Gasteiger partial charge in [0, 0.05) is 18.3 Å². The highest BCUT2D eigenvalue weighted by Crippen LogP contribution is 2.21. The lowest BCUT2D eigenvalue weighted by Crippen LogP contribution is -2.23. The summed E-state index contributed by atoms with van der Waals surface area (Å²) in [6.07, 6.45) is 9.61. The Hall–Kier alpha value is -1.52. The van der Waals surface area contributed by atoms with Gasteiger partial charge in [-0.1, -0.05) is 42.6 Å². The fourth-order valence-electron chi connectivity index (χ4n) is 2.99. The van der Waals surface area contributed by atoms with E-state index in [0.29, 0.717) is 6.04 Å². The summed E-state index contributed by atoms with van der Waals surface area (Å²) in [6.45, 7) is 12.1. The average molecular weight is 390 g/mol. The van der Waals surface area contributed by atoms with E-state index >= 15 is 0 Å². The molecule has 1 aromatic rings. The third-order valence-corrected chi connectivity index (χ3v) is 7.87. The van der Waals surface area contributed by atoms with Gasteiger partial charge in [0.2, 0.25) is 0 Å². The molecule has 0 saturated carbocycles. The van der Waals surface area contributed by atoms with Crippen LogP contribution in [0.1, 0.15) is 46.0 Å². The third-order valence-electron chi connectivity index (χ3n) is 5.20. The highest BCUT2D eigenvalue weighted by atomic mass is 28.3. The molecule has 0 aromatic heterocycles. The van der Waals surface area contributed by atoms with Crippen LogP contribution in [-0.4, -0.2) is 32.9 Å². The fraction of sp³-hybridized carbons (Fsp3) is 0.565. The van der Waals surface area contributed by atoms with Gasteiger partial charge in [0.25, 0.3) is 0 Å². The smallest absolute Gasteiger partial charge is 0.119 e. The lowest BCUT2D eigenvalue weighted by Gasteiger charge is -2.20. The Balaban J connectivity index is 2.65. The zero-order valence-electron chi connectivity index (χ0n) is 18.1. The number of aliphatic hydroxyl groups is 1. The number of hydrogen-bond acceptors (Lipinski definition) is 3. The molecule has 3 nitrogen and oxygen atoms in total. The Morgan fingerprint density at radius 1 is 1.11 bits per heavy atom. The molecule has 0 amide bonds. The van der Waals surface area contributed by atoms with Crippen molar-refractivity contribution in [1.82, 2.24) is 0 Å². The minimum atomic E-state index is -1.19. The predicted molar refractivity (Wildman–Crippen MR) is 121 cm³/mol. The molecule has 2 N–H and O–H groups in total. The lowest BCUT2D eigenvalue weighted by molar-refractivity contribution is 0.282. The summed E-state index contributed by atoms with van der Waals surface area (Å²) in [7, 11) is 0.499. The largest absolute Gasteiger partial charge is 0.497 e. The van der Waals surface area contributed by atoms with Crippen LogP contribution in [-0.2, 0) is 0 Å². The summed E-state index contributed by atoms with van der Waals surface area (Å²) < 4.78 is 5.23. The van der Waals surface area contributed by atoms with Crippen LogP contribution in [0.3, 0.4) is 0 Å². The van der Waals surface area contributed by atoms with Crippen molar-refractivity contribution < 1.29 is 9.84 Å². The second kappa shape index (κ2) is 12.0. The number of rotatable bonds is 12. The quantitative estimate of drug-likeness (QED) is 0.254. The van der Waals surface area contributed by atoms with E-state index in [4.69, 9.17) is 9.84 Å². The number of nitrogens with one attached hydrogen (secondary N) is 1. The minimum Gasteiger partial charge on any atom is -0.497 e. The molecular formula is C23H39NO2Si. The average Bonchev–Trinajstić information content (AvgIpc) is 2.64. The number of allylic oxidation sites excluding steroid dienone is 3. The van der Waals surface area contributed by atoms with Gasteiger partial charge in [0.05, 0.1) is 15.2 Å². The highest BCUT2D eigenvalue weighted by molar-refractivity contribution is 6.83. The van der Waals surface area contributed by atoms with Gasteiger partial charge in [-0.2, -0.15) is 0 Å². The van der Waals surface area contributed by atoms with Gasteiger partial charge < -0.3 is 15.2 Å². The molecule has 4 heteroatoms. The van der Waals surface area contributed by atoms with Gasteiger partial charge in [-0.05, 0) is 70.2 Å². The summed E-state index contributed by atoms with van der Waals surface area (Å²) in [4.78, 5) is 0. The van der Waals surface area contributed by atoms with E-state index in [9.17, 15) is 0 Å². The van der Waals surface area contributed by atoms with Crippen molar-refractivity contribution in [3.8, 4) is 5.75 Å². The summed E-state index contributed by atoms with van der Waals surface area (Å²) in [5.41, 5.74) is 2.63. The number of aliphatic hydroxyl groups excluding tert-OH is 1. The minimum absolute atomic E-state index is 0.269. The van der Waals surface area contributed by atoms with Crippen molar-refractivity contribution >= 4 is 13.8 Å². The molecule has 1 atom stereocenters. The van der Waals surface area contributed by atoms with Gasteiger partial charge in [-0.15, -0.1) is 0 Å². The van der Waals surface area contributed by atoms with Crippen LogP contribution in [0.2, 0.25) is 19.6 Å². The van der Waals surface area contributed by atoms with Gasteiger partial charge in [-0.3, -0.25) is 0 Å². The molecule has 0 saturated heterocycles. The number of hydrogen-bond donors (Lipinski definition) is 2. The van der Waals surface area contributed by atoms with E-state index in [-0.39, 0.29) is 6.61 Å². The summed E-state index contributed by atoms with van der Waals surface area (Å²) in [5, 5.41) is 14.3. The second-order valence-corrected chi connectivity index (χ2v) is 13.6. The maximum atomic E-state index is 9.07. The Kier molecular flexibility index (Phi) is 10.5. The molecule has 0 heterocycles. The Morgan fingerprint density at radius 3 is 2.33 bits per heavy atom. The van der Waals surface area contributed by atoms with Crippen LogP contribution in [0.25, 0.3) is 0 Å². The molecule has 0 bridgehead atoms. The van der Waals surface area contributed by atoms with Crippen LogP contribution in [0.5, 0.6) is 5.75 Å². The highest BCUT2D eigenvalue weighted by Gasteiger charge is 2.16. The van der Waals surface area contributed by atoms with Crippen LogP contribution in [0, 0.1) is 0 Å². The van der Waals surface area contributed by atoms with E-state index in [0.717, 1.165) is 43.5 Å². The van der Waals surface area contributed by atoms with Crippen molar-refractivity contribution in [3.05, 3.63) is 47.2 Å². The van der Waals surface area contributed by atoms with Crippen LogP contribution < -0.4 is 10.1 Å². The van der Waals surface area contributed by atoms with E-state index < -0.39 is 8.07 Å². The van der Waals surface area contributed by atoms with Gasteiger partial charge >= 0.3 is 0 Å². The van der Waals surface area contributed by atoms with Crippen molar-refractivity contribution in [2.75, 3.05) is 19.0 Å². The number of ether oxygens (including phenoxy) is 1. The Morgan fingerprint density at radius 2 is 1.78 bits per heavy atom. The number of methoxy groups -OCH3 is 1. The lowest BCUT2D eigenvalue weighted by atomic mass is 10.0. The van der Waals surface area contributed by atoms with E-state index in [2.05, 4.69) is 63.1 Å². The zero-order valence-corrected chi connectivity index (χ0v) is 19.1. The van der Waals surface area contributed by atoms with Gasteiger partial charge in [0.1, 0.15) is 5.75 Å². The monoisotopic (exact) mass is 389 g/mol. The van der Waals surface area contributed by atoms with Gasteiger partial charge in [-0.25, -0.2) is 0 Å². The van der Waals surface area contributed by atoms with E-state index in [1.807, 2.05) is 12.1 Å². The standard InChI is InChI=1S/C23H39NO2Si/c1-19(20(2)27(4,5)6)11-7-8-12-21(13-9-10-18-25)24-22-14-16-23(26-3)17-15-22/h7-8,14-17,21,24-25H,9-13,18H2,1-6H3/b8-7+,20-19+. The molecule has 0 spiro atoms. The van der Waals surface area contributed by atoms with Crippen LogP contribution in [0.4, 0.5) is 5.69 Å². The van der Waals surface area contributed by atoms with E-state index in [1.165, 1.54) is 5.57 Å².